The van der Waals surface area contributed by atoms with Crippen LogP contribution in [0.4, 0.5) is 5.82 Å². The van der Waals surface area contributed by atoms with Crippen LogP contribution in [0.15, 0.2) is 12.1 Å². The van der Waals surface area contributed by atoms with E-state index >= 15 is 0 Å². The number of pyridine rings is 1. The van der Waals surface area contributed by atoms with Crippen molar-refractivity contribution in [3.8, 4) is 0 Å². The largest absolute Gasteiger partial charge is 0.373 e. The molecule has 0 aliphatic carbocycles. The van der Waals surface area contributed by atoms with Crippen molar-refractivity contribution < 1.29 is 4.79 Å². The van der Waals surface area contributed by atoms with E-state index in [0.29, 0.717) is 16.8 Å². The molecule has 0 aromatic carbocycles. The van der Waals surface area contributed by atoms with E-state index in [0.717, 1.165) is 12.8 Å². The summed E-state index contributed by atoms with van der Waals surface area (Å²) >= 11 is 6.01. The highest BCUT2D eigenvalue weighted by atomic mass is 35.5. The first kappa shape index (κ1) is 15.8. The van der Waals surface area contributed by atoms with Gasteiger partial charge in [-0.2, -0.15) is 0 Å². The molecule has 0 aliphatic heterocycles. The molecular formula is C14H22ClN3O. The molecule has 1 aromatic heterocycles. The molecule has 2 N–H and O–H groups in total. The normalized spacial score (nSPS) is 13.7. The zero-order valence-electron chi connectivity index (χ0n) is 12.0. The van der Waals surface area contributed by atoms with Gasteiger partial charge in [0.15, 0.2) is 0 Å². The molecule has 19 heavy (non-hydrogen) atoms. The number of amides is 1. The van der Waals surface area contributed by atoms with Crippen LogP contribution in [-0.2, 0) is 0 Å². The summed E-state index contributed by atoms with van der Waals surface area (Å²) in [5.41, 5.74) is 0.268. The van der Waals surface area contributed by atoms with Crippen LogP contribution in [0.25, 0.3) is 0 Å². The summed E-state index contributed by atoms with van der Waals surface area (Å²) in [6, 6.07) is 3.52. The molecule has 1 rings (SSSR count). The number of carbonyl (C=O) groups is 1. The van der Waals surface area contributed by atoms with Crippen molar-refractivity contribution in [3.63, 3.8) is 0 Å². The Bertz CT molecular complexity index is 437. The average Bonchev–Trinajstić information content (AvgIpc) is 2.38. The smallest absolute Gasteiger partial charge is 0.271 e. The number of hydrogen-bond donors (Lipinski definition) is 2. The van der Waals surface area contributed by atoms with Gasteiger partial charge in [0.25, 0.3) is 5.91 Å². The Morgan fingerprint density at radius 3 is 2.68 bits per heavy atom. The highest BCUT2D eigenvalue weighted by Crippen LogP contribution is 2.17. The Kier molecular flexibility index (Phi) is 6.09. The number of hydrogen-bond acceptors (Lipinski definition) is 3. The maximum absolute atomic E-state index is 12.1. The lowest BCUT2D eigenvalue weighted by atomic mass is 10.0. The second kappa shape index (κ2) is 7.34. The number of carbonyl (C=O) groups excluding carboxylic acids is 1. The third kappa shape index (κ3) is 4.71. The SMILES string of the molecule is CCC(C)CC(C)NC(=O)c1nc(NC)ccc1Cl. The second-order valence-corrected chi connectivity index (χ2v) is 5.31. The van der Waals surface area contributed by atoms with E-state index in [1.54, 1.807) is 19.2 Å². The average molecular weight is 284 g/mol. The van der Waals surface area contributed by atoms with Crippen molar-refractivity contribution in [3.05, 3.63) is 22.8 Å². The first-order valence-corrected chi connectivity index (χ1v) is 7.00. The van der Waals surface area contributed by atoms with Crippen LogP contribution in [0.3, 0.4) is 0 Å². The van der Waals surface area contributed by atoms with Crippen molar-refractivity contribution in [1.29, 1.82) is 0 Å². The van der Waals surface area contributed by atoms with Crippen LogP contribution in [-0.4, -0.2) is 24.0 Å². The van der Waals surface area contributed by atoms with Crippen LogP contribution < -0.4 is 10.6 Å². The number of halogens is 1. The fraction of sp³-hybridized carbons (Fsp3) is 0.571. The fourth-order valence-electron chi connectivity index (χ4n) is 1.86. The topological polar surface area (TPSA) is 54.0 Å². The quantitative estimate of drug-likeness (QED) is 0.842. The van der Waals surface area contributed by atoms with Gasteiger partial charge in [0, 0.05) is 13.1 Å². The molecule has 5 heteroatoms. The standard InChI is InChI=1S/C14H22ClN3O/c1-5-9(2)8-10(3)17-14(19)13-11(15)6-7-12(16-4)18-13/h6-7,9-10H,5,8H2,1-4H3,(H,16,18)(H,17,19). The number of nitrogens with one attached hydrogen (secondary N) is 2. The molecule has 0 saturated carbocycles. The van der Waals surface area contributed by atoms with E-state index in [1.807, 2.05) is 6.92 Å². The Morgan fingerprint density at radius 2 is 2.11 bits per heavy atom. The van der Waals surface area contributed by atoms with Crippen molar-refractivity contribution in [2.24, 2.45) is 5.92 Å². The minimum Gasteiger partial charge on any atom is -0.373 e. The number of aromatic nitrogens is 1. The molecule has 1 aromatic rings. The van der Waals surface area contributed by atoms with Crippen molar-refractivity contribution in [2.75, 3.05) is 12.4 Å². The molecule has 0 bridgehead atoms. The molecule has 2 atom stereocenters. The third-order valence-electron chi connectivity index (χ3n) is 3.15. The lowest BCUT2D eigenvalue weighted by Gasteiger charge is -2.17. The van der Waals surface area contributed by atoms with Gasteiger partial charge in [-0.15, -0.1) is 0 Å². The Balaban J connectivity index is 2.72. The second-order valence-electron chi connectivity index (χ2n) is 4.90. The zero-order chi connectivity index (χ0) is 14.4. The first-order valence-electron chi connectivity index (χ1n) is 6.63. The molecule has 2 unspecified atom stereocenters. The van der Waals surface area contributed by atoms with E-state index in [9.17, 15) is 4.79 Å². The molecule has 0 saturated heterocycles. The predicted octanol–water partition coefficient (Wildman–Crippen LogP) is 3.33. The fourth-order valence-corrected chi connectivity index (χ4v) is 2.05. The van der Waals surface area contributed by atoms with E-state index in [1.165, 1.54) is 0 Å². The van der Waals surface area contributed by atoms with Crippen molar-refractivity contribution >= 4 is 23.3 Å². The van der Waals surface area contributed by atoms with Crippen LogP contribution in [0.2, 0.25) is 5.02 Å². The van der Waals surface area contributed by atoms with Crippen LogP contribution in [0.5, 0.6) is 0 Å². The van der Waals surface area contributed by atoms with Gasteiger partial charge in [-0.3, -0.25) is 4.79 Å². The summed E-state index contributed by atoms with van der Waals surface area (Å²) in [5, 5.41) is 6.20. The molecule has 0 aliphatic rings. The molecule has 106 valence electrons. The van der Waals surface area contributed by atoms with Gasteiger partial charge in [0.2, 0.25) is 0 Å². The monoisotopic (exact) mass is 283 g/mol. The lowest BCUT2D eigenvalue weighted by molar-refractivity contribution is 0.0930. The summed E-state index contributed by atoms with van der Waals surface area (Å²) in [6.45, 7) is 6.32. The highest BCUT2D eigenvalue weighted by Gasteiger charge is 2.16. The first-order chi connectivity index (χ1) is 8.97. The molecule has 1 heterocycles. The molecule has 1 amide bonds. The molecule has 4 nitrogen and oxygen atoms in total. The van der Waals surface area contributed by atoms with E-state index < -0.39 is 0 Å². The van der Waals surface area contributed by atoms with E-state index in [2.05, 4.69) is 29.5 Å². The highest BCUT2D eigenvalue weighted by molar-refractivity contribution is 6.33. The molecule has 0 fully saturated rings. The van der Waals surface area contributed by atoms with Gasteiger partial charge in [0.05, 0.1) is 5.02 Å². The van der Waals surface area contributed by atoms with Gasteiger partial charge in [0.1, 0.15) is 11.5 Å². The van der Waals surface area contributed by atoms with Crippen LogP contribution in [0.1, 0.15) is 44.1 Å². The van der Waals surface area contributed by atoms with Crippen LogP contribution in [0, 0.1) is 5.92 Å². The van der Waals surface area contributed by atoms with Gasteiger partial charge in [-0.25, -0.2) is 4.98 Å². The molecular weight excluding hydrogens is 262 g/mol. The summed E-state index contributed by atoms with van der Waals surface area (Å²) in [7, 11) is 1.75. The summed E-state index contributed by atoms with van der Waals surface area (Å²) < 4.78 is 0. The van der Waals surface area contributed by atoms with Gasteiger partial charge < -0.3 is 10.6 Å². The Hall–Kier alpha value is -1.29. The third-order valence-corrected chi connectivity index (χ3v) is 3.45. The maximum atomic E-state index is 12.1. The lowest BCUT2D eigenvalue weighted by Crippen LogP contribution is -2.34. The summed E-state index contributed by atoms with van der Waals surface area (Å²) in [6.07, 6.45) is 2.06. The molecule has 0 spiro atoms. The number of anilines is 1. The number of rotatable bonds is 6. The zero-order valence-corrected chi connectivity index (χ0v) is 12.7. The van der Waals surface area contributed by atoms with Crippen molar-refractivity contribution in [2.45, 2.75) is 39.7 Å². The Labute approximate surface area is 120 Å². The Morgan fingerprint density at radius 1 is 1.42 bits per heavy atom. The number of nitrogens with zero attached hydrogens (tertiary/aromatic N) is 1. The van der Waals surface area contributed by atoms with Crippen LogP contribution >= 0.6 is 11.6 Å². The van der Waals surface area contributed by atoms with E-state index in [-0.39, 0.29) is 17.6 Å². The minimum absolute atomic E-state index is 0.110. The maximum Gasteiger partial charge on any atom is 0.271 e. The van der Waals surface area contributed by atoms with Crippen molar-refractivity contribution in [1.82, 2.24) is 10.3 Å². The van der Waals surface area contributed by atoms with Gasteiger partial charge in [-0.05, 0) is 31.4 Å². The van der Waals surface area contributed by atoms with Gasteiger partial charge >= 0.3 is 0 Å². The van der Waals surface area contributed by atoms with Gasteiger partial charge in [-0.1, -0.05) is 31.9 Å². The van der Waals surface area contributed by atoms with E-state index in [4.69, 9.17) is 11.6 Å². The summed E-state index contributed by atoms with van der Waals surface area (Å²) in [4.78, 5) is 16.3. The molecule has 0 radical (unpaired) electrons. The predicted molar refractivity (Wildman–Crippen MR) is 79.8 cm³/mol. The summed E-state index contributed by atoms with van der Waals surface area (Å²) in [5.74, 6) is 0.990. The minimum atomic E-state index is -0.224.